The summed E-state index contributed by atoms with van der Waals surface area (Å²) in [4.78, 5) is 0. The van der Waals surface area contributed by atoms with Gasteiger partial charge in [0.2, 0.25) is 0 Å². The van der Waals surface area contributed by atoms with E-state index in [0.29, 0.717) is 0 Å². The third-order valence-corrected chi connectivity index (χ3v) is 5.27. The molecule has 1 aromatic heterocycles. The van der Waals surface area contributed by atoms with Crippen LogP contribution < -0.4 is 0 Å². The van der Waals surface area contributed by atoms with Crippen LogP contribution in [0.5, 0.6) is 0 Å². The van der Waals surface area contributed by atoms with Gasteiger partial charge in [0.1, 0.15) is 0 Å². The van der Waals surface area contributed by atoms with Crippen molar-refractivity contribution in [3.63, 3.8) is 0 Å². The van der Waals surface area contributed by atoms with Gasteiger partial charge in [-0.25, -0.2) is 0 Å². The number of nitrogens with zero attached hydrogens (tertiary/aromatic N) is 3. The summed E-state index contributed by atoms with van der Waals surface area (Å²) in [6.45, 7) is 2.22. The van der Waals surface area contributed by atoms with E-state index in [4.69, 9.17) is 0 Å². The number of thioether (sulfide) groups is 1. The van der Waals surface area contributed by atoms with E-state index in [1.807, 2.05) is 30.3 Å². The SMILES string of the molecule is CCCCCSc1nnc(-c2ccc(Br)cc2)n1-c1ccccc1. The molecule has 24 heavy (non-hydrogen) atoms. The first-order valence-corrected chi connectivity index (χ1v) is 9.97. The predicted molar refractivity (Wildman–Crippen MR) is 105 cm³/mol. The number of hydrogen-bond donors (Lipinski definition) is 0. The Labute approximate surface area is 155 Å². The molecule has 0 saturated carbocycles. The fourth-order valence-corrected chi connectivity index (χ4v) is 3.69. The van der Waals surface area contributed by atoms with Crippen LogP contribution in [0.15, 0.2) is 64.2 Å². The molecule has 0 fully saturated rings. The second-order valence-corrected chi connectivity index (χ2v) is 7.52. The Morgan fingerprint density at radius 3 is 2.42 bits per heavy atom. The zero-order chi connectivity index (χ0) is 16.8. The Morgan fingerprint density at radius 2 is 1.71 bits per heavy atom. The molecule has 0 bridgehead atoms. The standard InChI is InChI=1S/C19H20BrN3S/c1-2-3-7-14-24-19-22-21-18(15-10-12-16(20)13-11-15)23(19)17-8-5-4-6-9-17/h4-6,8-13H,2-3,7,14H2,1H3. The predicted octanol–water partition coefficient (Wildman–Crippen LogP) is 5.98. The first-order valence-electron chi connectivity index (χ1n) is 8.19. The Balaban J connectivity index is 1.96. The largest absolute Gasteiger partial charge is 0.270 e. The lowest BCUT2D eigenvalue weighted by molar-refractivity contribution is 0.775. The van der Waals surface area contributed by atoms with E-state index in [1.54, 1.807) is 11.8 Å². The molecular weight excluding hydrogens is 382 g/mol. The summed E-state index contributed by atoms with van der Waals surface area (Å²) < 4.78 is 3.21. The van der Waals surface area contributed by atoms with E-state index in [0.717, 1.165) is 32.5 Å². The number of aromatic nitrogens is 3. The van der Waals surface area contributed by atoms with Crippen molar-refractivity contribution in [1.29, 1.82) is 0 Å². The van der Waals surface area contributed by atoms with E-state index < -0.39 is 0 Å². The maximum absolute atomic E-state index is 4.47. The number of hydrogen-bond acceptors (Lipinski definition) is 3. The van der Waals surface area contributed by atoms with Gasteiger partial charge in [-0.3, -0.25) is 4.57 Å². The Hall–Kier alpha value is -1.59. The topological polar surface area (TPSA) is 30.7 Å². The average molecular weight is 402 g/mol. The van der Waals surface area contributed by atoms with Gasteiger partial charge in [0.25, 0.3) is 0 Å². The van der Waals surface area contributed by atoms with Crippen molar-refractivity contribution in [3.05, 3.63) is 59.1 Å². The Morgan fingerprint density at radius 1 is 0.958 bits per heavy atom. The molecule has 0 atom stereocenters. The Kier molecular flexibility index (Phi) is 6.10. The van der Waals surface area contributed by atoms with Gasteiger partial charge < -0.3 is 0 Å². The molecule has 124 valence electrons. The highest BCUT2D eigenvalue weighted by Crippen LogP contribution is 2.29. The first kappa shape index (κ1) is 17.2. The fraction of sp³-hybridized carbons (Fsp3) is 0.263. The molecule has 1 heterocycles. The maximum Gasteiger partial charge on any atom is 0.196 e. The van der Waals surface area contributed by atoms with E-state index >= 15 is 0 Å². The van der Waals surface area contributed by atoms with Gasteiger partial charge in [-0.15, -0.1) is 10.2 Å². The normalized spacial score (nSPS) is 10.9. The smallest absolute Gasteiger partial charge is 0.196 e. The molecule has 0 aliphatic rings. The van der Waals surface area contributed by atoms with E-state index in [1.165, 1.54) is 19.3 Å². The van der Waals surface area contributed by atoms with Crippen LogP contribution in [0.3, 0.4) is 0 Å². The molecule has 0 saturated heterocycles. The van der Waals surface area contributed by atoms with Crippen LogP contribution in [0.25, 0.3) is 17.1 Å². The van der Waals surface area contributed by atoms with E-state index in [9.17, 15) is 0 Å². The lowest BCUT2D eigenvalue weighted by Gasteiger charge is -2.10. The second-order valence-electron chi connectivity index (χ2n) is 5.54. The van der Waals surface area contributed by atoms with Crippen molar-refractivity contribution in [2.45, 2.75) is 31.3 Å². The summed E-state index contributed by atoms with van der Waals surface area (Å²) in [6, 6.07) is 18.5. The molecule has 3 nitrogen and oxygen atoms in total. The molecule has 0 amide bonds. The number of benzene rings is 2. The zero-order valence-electron chi connectivity index (χ0n) is 13.7. The van der Waals surface area contributed by atoms with Crippen molar-refractivity contribution in [2.24, 2.45) is 0 Å². The van der Waals surface area contributed by atoms with Crippen molar-refractivity contribution in [3.8, 4) is 17.1 Å². The lowest BCUT2D eigenvalue weighted by atomic mass is 10.2. The summed E-state index contributed by atoms with van der Waals surface area (Å²) in [5.74, 6) is 1.95. The van der Waals surface area contributed by atoms with Crippen LogP contribution in [-0.4, -0.2) is 20.5 Å². The van der Waals surface area contributed by atoms with E-state index in [-0.39, 0.29) is 0 Å². The monoisotopic (exact) mass is 401 g/mol. The third kappa shape index (κ3) is 4.08. The van der Waals surface area contributed by atoms with Crippen molar-refractivity contribution < 1.29 is 0 Å². The second kappa shape index (κ2) is 8.49. The van der Waals surface area contributed by atoms with Gasteiger partial charge in [0.15, 0.2) is 11.0 Å². The minimum Gasteiger partial charge on any atom is -0.270 e. The Bertz CT molecular complexity index is 769. The summed E-state index contributed by atoms with van der Waals surface area (Å²) in [6.07, 6.45) is 3.69. The molecule has 0 N–H and O–H groups in total. The van der Waals surface area contributed by atoms with Crippen LogP contribution in [0.2, 0.25) is 0 Å². The molecule has 2 aromatic carbocycles. The highest BCUT2D eigenvalue weighted by molar-refractivity contribution is 9.10. The van der Waals surface area contributed by atoms with Crippen molar-refractivity contribution in [2.75, 3.05) is 5.75 Å². The molecule has 0 unspecified atom stereocenters. The first-order chi connectivity index (χ1) is 11.8. The third-order valence-electron chi connectivity index (χ3n) is 3.73. The van der Waals surface area contributed by atoms with Gasteiger partial charge >= 0.3 is 0 Å². The van der Waals surface area contributed by atoms with Crippen LogP contribution in [-0.2, 0) is 0 Å². The number of para-hydroxylation sites is 1. The summed E-state index contributed by atoms with van der Waals surface area (Å²) in [5, 5.41) is 9.88. The minimum atomic E-state index is 0.881. The summed E-state index contributed by atoms with van der Waals surface area (Å²) in [7, 11) is 0. The van der Waals surface area contributed by atoms with Gasteiger partial charge in [-0.1, -0.05) is 77.8 Å². The minimum absolute atomic E-state index is 0.881. The molecule has 3 rings (SSSR count). The zero-order valence-corrected chi connectivity index (χ0v) is 16.1. The van der Waals surface area contributed by atoms with Crippen molar-refractivity contribution in [1.82, 2.24) is 14.8 Å². The van der Waals surface area contributed by atoms with Crippen LogP contribution in [0, 0.1) is 0 Å². The molecule has 0 spiro atoms. The van der Waals surface area contributed by atoms with Gasteiger partial charge in [-0.05, 0) is 30.7 Å². The average Bonchev–Trinajstić information content (AvgIpc) is 3.04. The maximum atomic E-state index is 4.47. The van der Waals surface area contributed by atoms with E-state index in [2.05, 4.69) is 61.9 Å². The highest BCUT2D eigenvalue weighted by atomic mass is 79.9. The number of unbranched alkanes of at least 4 members (excludes halogenated alkanes) is 2. The molecule has 3 aromatic rings. The summed E-state index contributed by atoms with van der Waals surface area (Å²) >= 11 is 5.27. The number of rotatable bonds is 7. The molecule has 0 aliphatic heterocycles. The van der Waals surface area contributed by atoms with Gasteiger partial charge in [-0.2, -0.15) is 0 Å². The van der Waals surface area contributed by atoms with Gasteiger partial charge in [0.05, 0.1) is 0 Å². The molecule has 0 aliphatic carbocycles. The molecule has 5 heteroatoms. The fourth-order valence-electron chi connectivity index (χ4n) is 2.47. The van der Waals surface area contributed by atoms with Crippen LogP contribution >= 0.6 is 27.7 Å². The summed E-state index contributed by atoms with van der Waals surface area (Å²) in [5.41, 5.74) is 2.16. The van der Waals surface area contributed by atoms with Gasteiger partial charge in [0, 0.05) is 21.5 Å². The lowest BCUT2D eigenvalue weighted by Crippen LogP contribution is -1.99. The van der Waals surface area contributed by atoms with Crippen LogP contribution in [0.4, 0.5) is 0 Å². The molecular formula is C19H20BrN3S. The van der Waals surface area contributed by atoms with Crippen molar-refractivity contribution >= 4 is 27.7 Å². The number of halogens is 1. The molecule has 0 radical (unpaired) electrons. The quantitative estimate of drug-likeness (QED) is 0.360. The highest BCUT2D eigenvalue weighted by Gasteiger charge is 2.15. The van der Waals surface area contributed by atoms with Crippen LogP contribution in [0.1, 0.15) is 26.2 Å².